The molecule has 1 fully saturated rings. The molecular formula is C17H20BrNO6. The number of halogens is 1. The molecule has 1 N–H and O–H groups in total. The molecule has 1 saturated heterocycles. The summed E-state index contributed by atoms with van der Waals surface area (Å²) in [5.41, 5.74) is 0.723. The van der Waals surface area contributed by atoms with Crippen LogP contribution in [-0.2, 0) is 4.74 Å². The molecule has 0 radical (unpaired) electrons. The summed E-state index contributed by atoms with van der Waals surface area (Å²) in [6, 6.07) is 1.53. The Morgan fingerprint density at radius 1 is 1.32 bits per heavy atom. The van der Waals surface area contributed by atoms with Crippen LogP contribution in [0.25, 0.3) is 0 Å². The summed E-state index contributed by atoms with van der Waals surface area (Å²) < 4.78 is 17.5. The van der Waals surface area contributed by atoms with E-state index in [4.69, 9.17) is 14.2 Å². The van der Waals surface area contributed by atoms with E-state index >= 15 is 0 Å². The molecule has 0 bridgehead atoms. The van der Waals surface area contributed by atoms with E-state index in [1.165, 1.54) is 13.2 Å². The van der Waals surface area contributed by atoms with Gasteiger partial charge in [0, 0.05) is 31.5 Å². The molecule has 3 rings (SSSR count). The van der Waals surface area contributed by atoms with E-state index in [0.717, 1.165) is 0 Å². The van der Waals surface area contributed by atoms with Crippen LogP contribution in [0.2, 0.25) is 0 Å². The lowest BCUT2D eigenvalue weighted by atomic mass is 9.89. The average molecular weight is 414 g/mol. The average Bonchev–Trinajstić information content (AvgIpc) is 2.97. The summed E-state index contributed by atoms with van der Waals surface area (Å²) >= 11 is 3.38. The summed E-state index contributed by atoms with van der Waals surface area (Å²) in [6.07, 6.45) is 1.09. The van der Waals surface area contributed by atoms with Crippen LogP contribution >= 0.6 is 15.9 Å². The first-order chi connectivity index (χ1) is 11.8. The number of nitrogens with zero attached hydrogens (tertiary/aromatic N) is 1. The molecule has 2 aliphatic rings. The third-order valence-electron chi connectivity index (χ3n) is 4.95. The van der Waals surface area contributed by atoms with Crippen molar-refractivity contribution in [3.05, 3.63) is 21.7 Å². The maximum Gasteiger partial charge on any atom is 0.409 e. The lowest BCUT2D eigenvalue weighted by molar-refractivity contribution is -0.123. The van der Waals surface area contributed by atoms with Gasteiger partial charge in [0.15, 0.2) is 11.5 Å². The summed E-state index contributed by atoms with van der Waals surface area (Å²) in [7, 11) is 1.37. The molecule has 0 spiro atoms. The number of benzene rings is 1. The standard InChI is InChI=1S/C17H20BrNO6/c1-9-11(15(20)21)8-12(18)14-13(9)24-17(2,25-14)10-4-6-19(7-5-10)16(22)23-3/h8,10H,4-7H2,1-3H3,(H,20,21)/t17-/m1/s1. The molecule has 25 heavy (non-hydrogen) atoms. The third kappa shape index (κ3) is 3.03. The minimum Gasteiger partial charge on any atom is -0.478 e. The molecule has 0 unspecified atom stereocenters. The molecule has 1 atom stereocenters. The maximum atomic E-state index is 11.6. The Morgan fingerprint density at radius 3 is 2.48 bits per heavy atom. The molecule has 0 aromatic heterocycles. The Balaban J connectivity index is 1.81. The molecule has 0 aliphatic carbocycles. The minimum atomic E-state index is -1.01. The van der Waals surface area contributed by atoms with Crippen LogP contribution in [0.15, 0.2) is 10.5 Å². The van der Waals surface area contributed by atoms with Crippen LogP contribution in [-0.4, -0.2) is 48.1 Å². The SMILES string of the molecule is COC(=O)N1CCC([C@@]2(C)Oc3c(Br)cc(C(=O)O)c(C)c3O2)CC1. The van der Waals surface area contributed by atoms with E-state index in [0.29, 0.717) is 47.5 Å². The number of hydrogen-bond donors (Lipinski definition) is 1. The van der Waals surface area contributed by atoms with Crippen molar-refractivity contribution in [3.63, 3.8) is 0 Å². The number of hydrogen-bond acceptors (Lipinski definition) is 5. The number of fused-ring (bicyclic) bond motifs is 1. The fourth-order valence-corrected chi connectivity index (χ4v) is 3.94. The van der Waals surface area contributed by atoms with Gasteiger partial charge in [-0.25, -0.2) is 9.59 Å². The number of ether oxygens (including phenoxy) is 3. The highest BCUT2D eigenvalue weighted by molar-refractivity contribution is 9.10. The molecule has 2 aliphatic heterocycles. The van der Waals surface area contributed by atoms with Gasteiger partial charge in [0.2, 0.25) is 0 Å². The molecule has 8 heteroatoms. The minimum absolute atomic E-state index is 0.0698. The first-order valence-corrected chi connectivity index (χ1v) is 8.83. The highest BCUT2D eigenvalue weighted by atomic mass is 79.9. The predicted molar refractivity (Wildman–Crippen MR) is 92.2 cm³/mol. The topological polar surface area (TPSA) is 85.3 Å². The zero-order chi connectivity index (χ0) is 18.4. The van der Waals surface area contributed by atoms with Crippen LogP contribution in [0.3, 0.4) is 0 Å². The second-order valence-corrected chi connectivity index (χ2v) is 7.30. The molecule has 0 saturated carbocycles. The van der Waals surface area contributed by atoms with Crippen molar-refractivity contribution in [2.45, 2.75) is 32.5 Å². The molecule has 1 amide bonds. The Morgan fingerprint density at radius 2 is 1.92 bits per heavy atom. The summed E-state index contributed by atoms with van der Waals surface area (Å²) in [6.45, 7) is 4.70. The van der Waals surface area contributed by atoms with Gasteiger partial charge in [-0.05, 0) is 41.8 Å². The zero-order valence-electron chi connectivity index (χ0n) is 14.3. The van der Waals surface area contributed by atoms with Crippen molar-refractivity contribution in [2.75, 3.05) is 20.2 Å². The van der Waals surface area contributed by atoms with Crippen molar-refractivity contribution in [3.8, 4) is 11.5 Å². The van der Waals surface area contributed by atoms with Crippen molar-refractivity contribution in [1.29, 1.82) is 0 Å². The van der Waals surface area contributed by atoms with E-state index in [2.05, 4.69) is 15.9 Å². The number of carbonyl (C=O) groups excluding carboxylic acids is 1. The van der Waals surface area contributed by atoms with Gasteiger partial charge in [0.05, 0.1) is 17.1 Å². The van der Waals surface area contributed by atoms with Crippen LogP contribution in [0.4, 0.5) is 4.79 Å². The molecule has 1 aromatic carbocycles. The number of aromatic carboxylic acids is 1. The Labute approximate surface area is 154 Å². The number of amides is 1. The van der Waals surface area contributed by atoms with Gasteiger partial charge in [-0.3, -0.25) is 0 Å². The smallest absolute Gasteiger partial charge is 0.409 e. The number of carboxylic acids is 1. The van der Waals surface area contributed by atoms with Crippen molar-refractivity contribution >= 4 is 28.0 Å². The highest BCUT2D eigenvalue weighted by Gasteiger charge is 2.47. The predicted octanol–water partition coefficient (Wildman–Crippen LogP) is 3.42. The Hall–Kier alpha value is -1.96. The van der Waals surface area contributed by atoms with Crippen LogP contribution in [0, 0.1) is 12.8 Å². The number of methoxy groups -OCH3 is 1. The number of carboxylic acid groups (broad SMARTS) is 1. The number of rotatable bonds is 2. The van der Waals surface area contributed by atoms with Gasteiger partial charge < -0.3 is 24.2 Å². The Kier molecular flexibility index (Phi) is 4.57. The molecule has 7 nitrogen and oxygen atoms in total. The van der Waals surface area contributed by atoms with Crippen molar-refractivity contribution in [1.82, 2.24) is 4.90 Å². The van der Waals surface area contributed by atoms with E-state index in [1.54, 1.807) is 11.8 Å². The van der Waals surface area contributed by atoms with Crippen LogP contribution in [0.5, 0.6) is 11.5 Å². The monoisotopic (exact) mass is 413 g/mol. The van der Waals surface area contributed by atoms with Gasteiger partial charge in [0.25, 0.3) is 5.79 Å². The fourth-order valence-electron chi connectivity index (χ4n) is 3.45. The number of piperidine rings is 1. The third-order valence-corrected chi connectivity index (χ3v) is 5.54. The fraction of sp³-hybridized carbons (Fsp3) is 0.529. The maximum absolute atomic E-state index is 11.6. The van der Waals surface area contributed by atoms with E-state index in [9.17, 15) is 14.7 Å². The van der Waals surface area contributed by atoms with Gasteiger partial charge in [-0.2, -0.15) is 0 Å². The van der Waals surface area contributed by atoms with Crippen molar-refractivity contribution < 1.29 is 28.9 Å². The zero-order valence-corrected chi connectivity index (χ0v) is 15.9. The summed E-state index contributed by atoms with van der Waals surface area (Å²) in [5, 5.41) is 9.34. The van der Waals surface area contributed by atoms with E-state index in [1.807, 2.05) is 6.92 Å². The first kappa shape index (κ1) is 17.8. The molecule has 1 aromatic rings. The van der Waals surface area contributed by atoms with E-state index < -0.39 is 11.8 Å². The van der Waals surface area contributed by atoms with Crippen molar-refractivity contribution in [2.24, 2.45) is 5.92 Å². The van der Waals surface area contributed by atoms with E-state index in [-0.39, 0.29) is 17.6 Å². The number of carbonyl (C=O) groups is 2. The molecule has 2 heterocycles. The second-order valence-electron chi connectivity index (χ2n) is 6.45. The summed E-state index contributed by atoms with van der Waals surface area (Å²) in [4.78, 5) is 24.7. The van der Waals surface area contributed by atoms with Gasteiger partial charge in [-0.1, -0.05) is 0 Å². The van der Waals surface area contributed by atoms with Gasteiger partial charge >= 0.3 is 12.1 Å². The normalized spacial score (nSPS) is 22.8. The quantitative estimate of drug-likeness (QED) is 0.799. The lowest BCUT2D eigenvalue weighted by Crippen LogP contribution is -2.49. The lowest BCUT2D eigenvalue weighted by Gasteiger charge is -2.38. The number of likely N-dealkylation sites (tertiary alicyclic amines) is 1. The van der Waals surface area contributed by atoms with Crippen LogP contribution in [0.1, 0.15) is 35.7 Å². The van der Waals surface area contributed by atoms with Gasteiger partial charge in [0.1, 0.15) is 0 Å². The Bertz CT molecular complexity index is 728. The highest BCUT2D eigenvalue weighted by Crippen LogP contribution is 2.51. The largest absolute Gasteiger partial charge is 0.478 e. The molecular weight excluding hydrogens is 394 g/mol. The summed E-state index contributed by atoms with van der Waals surface area (Å²) in [5.74, 6) is -0.843. The van der Waals surface area contributed by atoms with Crippen LogP contribution < -0.4 is 9.47 Å². The second kappa shape index (κ2) is 6.40. The molecule has 136 valence electrons. The first-order valence-electron chi connectivity index (χ1n) is 8.04. The van der Waals surface area contributed by atoms with Gasteiger partial charge in [-0.15, -0.1) is 0 Å².